The fourth-order valence-corrected chi connectivity index (χ4v) is 10.1. The number of aromatic nitrogens is 2. The lowest BCUT2D eigenvalue weighted by atomic mass is 9.73. The molecule has 13 atom stereocenters. The van der Waals surface area contributed by atoms with Crippen LogP contribution in [0.1, 0.15) is 94.4 Å². The predicted octanol–water partition coefficient (Wildman–Crippen LogP) is 6.57. The van der Waals surface area contributed by atoms with Crippen molar-refractivity contribution in [2.45, 2.75) is 160 Å². The predicted molar refractivity (Wildman–Crippen MR) is 231 cm³/mol. The van der Waals surface area contributed by atoms with Crippen molar-refractivity contribution in [2.24, 2.45) is 17.8 Å². The van der Waals surface area contributed by atoms with Gasteiger partial charge in [0, 0.05) is 62.3 Å². The highest BCUT2D eigenvalue weighted by Gasteiger charge is 2.62. The first-order valence-corrected chi connectivity index (χ1v) is 22.0. The number of imidazole rings is 1. The Kier molecular flexibility index (Phi) is 15.3. The van der Waals surface area contributed by atoms with Gasteiger partial charge in [0.05, 0.1) is 35.9 Å². The van der Waals surface area contributed by atoms with Gasteiger partial charge < -0.3 is 38.3 Å². The average Bonchev–Trinajstić information content (AvgIpc) is 3.81. The van der Waals surface area contributed by atoms with Crippen LogP contribution in [0.3, 0.4) is 0 Å². The number of amides is 1. The van der Waals surface area contributed by atoms with Crippen molar-refractivity contribution >= 4 is 23.6 Å². The summed E-state index contributed by atoms with van der Waals surface area (Å²) in [7, 11) is 3.25. The Bertz CT molecular complexity index is 1910. The van der Waals surface area contributed by atoms with E-state index in [4.69, 9.17) is 23.7 Å². The van der Waals surface area contributed by atoms with Crippen molar-refractivity contribution in [3.05, 3.63) is 55.5 Å². The third-order valence-corrected chi connectivity index (χ3v) is 13.6. The topological polar surface area (TPSA) is 159 Å². The number of halogens is 1. The number of hydrogen-bond acceptors (Lipinski definition) is 12. The molecule has 0 aliphatic carbocycles. The minimum absolute atomic E-state index is 0.0186. The van der Waals surface area contributed by atoms with Gasteiger partial charge in [-0.25, -0.2) is 19.0 Å². The average molecular weight is 869 g/mol. The zero-order valence-corrected chi connectivity index (χ0v) is 38.5. The molecule has 5 rings (SSSR count). The molecule has 0 saturated carbocycles. The molecular weight excluding hydrogens is 800 g/mol. The second-order valence-corrected chi connectivity index (χ2v) is 18.5. The number of aryl methyl sites for hydroxylation is 1. The van der Waals surface area contributed by atoms with Gasteiger partial charge in [0.15, 0.2) is 17.2 Å². The summed E-state index contributed by atoms with van der Waals surface area (Å²) >= 11 is 0. The monoisotopic (exact) mass is 868 g/mol. The molecule has 3 fully saturated rings. The van der Waals surface area contributed by atoms with Crippen molar-refractivity contribution in [2.75, 3.05) is 27.2 Å². The molecule has 0 unspecified atom stereocenters. The first-order chi connectivity index (χ1) is 29.1. The number of alkyl halides is 1. The summed E-state index contributed by atoms with van der Waals surface area (Å²) in [5, 5.41) is 11.9. The maximum Gasteiger partial charge on any atom is 0.410 e. The summed E-state index contributed by atoms with van der Waals surface area (Å²) in [6.45, 7) is 19.3. The number of benzene rings is 1. The van der Waals surface area contributed by atoms with Crippen LogP contribution in [0.5, 0.6) is 0 Å². The third kappa shape index (κ3) is 9.71. The number of nitrogens with zero attached hydrogens (tertiary/aromatic N) is 4. The summed E-state index contributed by atoms with van der Waals surface area (Å²) < 4.78 is 50.2. The third-order valence-electron chi connectivity index (χ3n) is 13.6. The number of aliphatic hydroxyl groups excluding tert-OH is 1. The molecule has 0 radical (unpaired) electrons. The first-order valence-electron chi connectivity index (χ1n) is 22.0. The van der Waals surface area contributed by atoms with Crippen LogP contribution < -0.4 is 0 Å². The highest BCUT2D eigenvalue weighted by Crippen LogP contribution is 2.45. The number of Topliss-reactive ketones (excluding diaryl/α,β-unsaturated/α-hetero) is 2. The van der Waals surface area contributed by atoms with Gasteiger partial charge >= 0.3 is 12.1 Å². The number of hydrogen-bond donors (Lipinski definition) is 1. The van der Waals surface area contributed by atoms with Crippen molar-refractivity contribution in [1.29, 1.82) is 0 Å². The van der Waals surface area contributed by atoms with E-state index in [1.807, 2.05) is 60.0 Å². The number of methoxy groups -OCH3 is 1. The van der Waals surface area contributed by atoms with Crippen LogP contribution in [-0.2, 0) is 44.6 Å². The normalized spacial score (nSPS) is 37.5. The molecule has 3 aliphatic rings. The fraction of sp³-hybridized carbons (Fsp3) is 0.681. The van der Waals surface area contributed by atoms with Gasteiger partial charge in [0.1, 0.15) is 18.0 Å². The summed E-state index contributed by atoms with van der Waals surface area (Å²) in [6.07, 6.45) is 2.26. The molecule has 1 N–H and O–H groups in total. The Morgan fingerprint density at radius 3 is 2.32 bits per heavy atom. The molecule has 3 aliphatic heterocycles. The Balaban J connectivity index is 1.48. The SMILES string of the molecule is C=CCN(C)[C@H]1C[C@@H](C)O[C@@](C)(O[C@@H]2[C@@H](C)C(=O)[C@](C)(F)C(=O)O[C@H](CC)[C@@]3(C)OC(=O)N(CCCCn4cnc(-c5ccccc5)c4)[C@@H]3[C@@H](C)C(=O)[C@H](C)C[C@@]2(C)OC)[C@@H]1O. The van der Waals surface area contributed by atoms with E-state index in [1.54, 1.807) is 53.9 Å². The smallest absolute Gasteiger partial charge is 0.410 e. The second-order valence-electron chi connectivity index (χ2n) is 18.5. The number of ether oxygens (including phenoxy) is 5. The number of carbonyl (C=O) groups is 4. The Morgan fingerprint density at radius 2 is 1.69 bits per heavy atom. The number of rotatable bonds is 13. The van der Waals surface area contributed by atoms with Gasteiger partial charge in [-0.3, -0.25) is 14.5 Å². The zero-order chi connectivity index (χ0) is 45.9. The molecule has 15 heteroatoms. The number of ketones is 2. The van der Waals surface area contributed by atoms with Gasteiger partial charge in [0.25, 0.3) is 5.67 Å². The largest absolute Gasteiger partial charge is 0.455 e. The number of likely N-dealkylation sites (N-methyl/N-ethyl adjacent to an activating group) is 1. The fourth-order valence-electron chi connectivity index (χ4n) is 10.1. The molecule has 1 aromatic carbocycles. The van der Waals surface area contributed by atoms with E-state index in [1.165, 1.54) is 18.9 Å². The molecule has 14 nitrogen and oxygen atoms in total. The molecule has 2 aromatic rings. The molecule has 62 heavy (non-hydrogen) atoms. The van der Waals surface area contributed by atoms with Crippen molar-refractivity contribution in [3.8, 4) is 11.3 Å². The Morgan fingerprint density at radius 1 is 1.03 bits per heavy atom. The van der Waals surface area contributed by atoms with E-state index in [-0.39, 0.29) is 25.2 Å². The number of aliphatic hydroxyl groups is 1. The van der Waals surface area contributed by atoms with Gasteiger partial charge in [0.2, 0.25) is 0 Å². The Hall–Kier alpha value is -4.02. The van der Waals surface area contributed by atoms with Crippen LogP contribution in [0, 0.1) is 17.8 Å². The summed E-state index contributed by atoms with van der Waals surface area (Å²) in [6, 6.07) is 8.47. The van der Waals surface area contributed by atoms with E-state index in [0.29, 0.717) is 32.4 Å². The van der Waals surface area contributed by atoms with E-state index in [9.17, 15) is 24.3 Å². The van der Waals surface area contributed by atoms with Crippen molar-refractivity contribution in [1.82, 2.24) is 19.4 Å². The molecule has 1 aromatic heterocycles. The van der Waals surface area contributed by atoms with E-state index >= 15 is 4.39 Å². The van der Waals surface area contributed by atoms with E-state index in [2.05, 4.69) is 11.6 Å². The lowest BCUT2D eigenvalue weighted by Crippen LogP contribution is -2.65. The molecule has 344 valence electrons. The summed E-state index contributed by atoms with van der Waals surface area (Å²) in [4.78, 5) is 65.2. The molecular formula is C47H69FN4O10. The molecule has 4 heterocycles. The standard InChI is InChI=1S/C47H69FN4O10/c1-13-22-50(11)35-25-30(4)60-47(10,40(35)55)61-41-32(6)39(54)45(8,48)42(56)59-36(14-2)46(9)38(31(5)37(53)29(3)26-44(41,7)58-12)52(43(57)62-46)24-19-18-23-51-27-34(49-28-51)33-20-16-15-17-21-33/h13,15-17,20-21,27-32,35-36,38,40-41,55H,1,14,18-19,22-26H2,2-12H3/t29-,30-,31+,32+,35+,36-,38-,40-,41-,44-,45+,46-,47+/m1/s1. The Labute approximate surface area is 366 Å². The minimum Gasteiger partial charge on any atom is -0.455 e. The van der Waals surface area contributed by atoms with Crippen LogP contribution in [0.25, 0.3) is 11.3 Å². The van der Waals surface area contributed by atoms with Crippen molar-refractivity contribution < 1.29 is 52.4 Å². The molecule has 1 amide bonds. The minimum atomic E-state index is -3.20. The number of cyclic esters (lactones) is 1. The first kappa shape index (κ1) is 49.0. The summed E-state index contributed by atoms with van der Waals surface area (Å²) in [5.74, 6) is -7.61. The van der Waals surface area contributed by atoms with Crippen LogP contribution in [0.4, 0.5) is 9.18 Å². The van der Waals surface area contributed by atoms with Crippen molar-refractivity contribution in [3.63, 3.8) is 0 Å². The maximum absolute atomic E-state index is 17.1. The highest BCUT2D eigenvalue weighted by molar-refractivity contribution is 6.08. The number of esters is 1. The zero-order valence-electron chi connectivity index (χ0n) is 38.5. The van der Waals surface area contributed by atoms with Crippen LogP contribution in [-0.4, -0.2) is 134 Å². The van der Waals surface area contributed by atoms with E-state index in [0.717, 1.165) is 18.2 Å². The van der Waals surface area contributed by atoms with E-state index < -0.39 is 94.8 Å². The second kappa shape index (κ2) is 19.4. The highest BCUT2D eigenvalue weighted by atomic mass is 19.1. The summed E-state index contributed by atoms with van der Waals surface area (Å²) in [5.41, 5.74) is -4.44. The molecule has 0 spiro atoms. The number of fused-ring (bicyclic) bond motifs is 1. The quantitative estimate of drug-likeness (QED) is 0.100. The van der Waals surface area contributed by atoms with Crippen LogP contribution in [0.2, 0.25) is 0 Å². The lowest BCUT2D eigenvalue weighted by molar-refractivity contribution is -0.354. The lowest BCUT2D eigenvalue weighted by Gasteiger charge is -2.52. The van der Waals surface area contributed by atoms with Gasteiger partial charge in [-0.2, -0.15) is 0 Å². The van der Waals surface area contributed by atoms with Crippen LogP contribution in [0.15, 0.2) is 55.5 Å². The molecule has 0 bridgehead atoms. The number of unbranched alkanes of at least 4 members (excludes halogenated alkanes) is 1. The number of carbonyl (C=O) groups excluding carboxylic acids is 4. The van der Waals surface area contributed by atoms with Gasteiger partial charge in [-0.15, -0.1) is 6.58 Å². The maximum atomic E-state index is 17.1. The van der Waals surface area contributed by atoms with Crippen LogP contribution >= 0.6 is 0 Å². The van der Waals surface area contributed by atoms with Gasteiger partial charge in [-0.05, 0) is 73.8 Å². The molecule has 3 saturated heterocycles. The van der Waals surface area contributed by atoms with Gasteiger partial charge in [-0.1, -0.05) is 64.1 Å².